The van der Waals surface area contributed by atoms with Gasteiger partial charge < -0.3 is 20.3 Å². The number of hydrogen-bond acceptors (Lipinski definition) is 5. The van der Waals surface area contributed by atoms with Gasteiger partial charge in [-0.15, -0.1) is 0 Å². The lowest BCUT2D eigenvalue weighted by Gasteiger charge is -2.20. The zero-order valence-electron chi connectivity index (χ0n) is 41.4. The third-order valence-corrected chi connectivity index (χ3v) is 12.4. The molecule has 6 nitrogen and oxygen atoms in total. The molecule has 2 atom stereocenters. The van der Waals surface area contributed by atoms with Crippen molar-refractivity contribution in [3.63, 3.8) is 0 Å². The number of allylic oxidation sites excluding steroid dienone is 5. The lowest BCUT2D eigenvalue weighted by atomic mass is 10.0. The van der Waals surface area contributed by atoms with Gasteiger partial charge in [0.05, 0.1) is 25.4 Å². The second kappa shape index (κ2) is 51.7. The number of aliphatic hydroxyl groups excluding tert-OH is 2. The summed E-state index contributed by atoms with van der Waals surface area (Å²) < 4.78 is 5.46. The van der Waals surface area contributed by atoms with E-state index in [1.54, 1.807) is 6.08 Å². The van der Waals surface area contributed by atoms with Gasteiger partial charge in [-0.2, -0.15) is 0 Å². The summed E-state index contributed by atoms with van der Waals surface area (Å²) in [5.41, 5.74) is 0. The zero-order chi connectivity index (χ0) is 45.1. The first-order valence-corrected chi connectivity index (χ1v) is 27.3. The largest absolute Gasteiger partial charge is 0.466 e. The molecule has 6 heteroatoms. The second-order valence-electron chi connectivity index (χ2n) is 18.6. The molecule has 0 bridgehead atoms. The summed E-state index contributed by atoms with van der Waals surface area (Å²) in [4.78, 5) is 24.5. The fourth-order valence-corrected chi connectivity index (χ4v) is 8.18. The number of carbonyl (C=O) groups is 2. The quantitative estimate of drug-likeness (QED) is 0.0321. The lowest BCUT2D eigenvalue weighted by Crippen LogP contribution is -2.45. The molecule has 0 fully saturated rings. The van der Waals surface area contributed by atoms with Crippen LogP contribution in [-0.2, 0) is 14.3 Å². The third-order valence-electron chi connectivity index (χ3n) is 12.4. The summed E-state index contributed by atoms with van der Waals surface area (Å²) >= 11 is 0. The highest BCUT2D eigenvalue weighted by molar-refractivity contribution is 5.76. The average Bonchev–Trinajstić information content (AvgIpc) is 3.27. The van der Waals surface area contributed by atoms with Crippen molar-refractivity contribution in [1.82, 2.24) is 5.32 Å². The summed E-state index contributed by atoms with van der Waals surface area (Å²) in [5.74, 6) is -0.0845. The zero-order valence-corrected chi connectivity index (χ0v) is 41.4. The SMILES string of the molecule is CCCC/C=C\C/C=C\CCCCCCCC(=O)OCCCCCCCCCCCCCCCCCCCC(=O)NC(CO)C(O)/C=C/CCCCCCCCCCCCCC. The van der Waals surface area contributed by atoms with E-state index < -0.39 is 12.1 Å². The Labute approximate surface area is 385 Å². The van der Waals surface area contributed by atoms with Gasteiger partial charge in [-0.3, -0.25) is 9.59 Å². The standard InChI is InChI=1S/C56H105NO5/c1-3-5-7-9-11-13-15-17-24-28-32-36-40-44-48-54(59)53(52-58)57-55(60)49-45-41-37-33-29-25-22-20-19-21-23-27-31-35-39-43-47-51-62-56(61)50-46-42-38-34-30-26-18-16-14-12-10-8-6-4-2/h10,12,16,18,44,48,53-54,58-59H,3-9,11,13-15,17,19-43,45-47,49-52H2,1-2H3,(H,57,60)/b12-10-,18-16-,48-44+. The van der Waals surface area contributed by atoms with Crippen molar-refractivity contribution < 1.29 is 24.5 Å². The smallest absolute Gasteiger partial charge is 0.305 e. The summed E-state index contributed by atoms with van der Waals surface area (Å²) in [6.07, 6.45) is 62.9. The van der Waals surface area contributed by atoms with Crippen LogP contribution in [0, 0.1) is 0 Å². The molecule has 0 aromatic carbocycles. The monoisotopic (exact) mass is 872 g/mol. The Balaban J connectivity index is 3.45. The van der Waals surface area contributed by atoms with Crippen LogP contribution in [0.3, 0.4) is 0 Å². The molecule has 1 amide bonds. The van der Waals surface area contributed by atoms with Crippen LogP contribution in [0.25, 0.3) is 0 Å². The van der Waals surface area contributed by atoms with Crippen LogP contribution >= 0.6 is 0 Å². The number of hydrogen-bond donors (Lipinski definition) is 3. The van der Waals surface area contributed by atoms with Crippen LogP contribution in [0.4, 0.5) is 0 Å². The number of nitrogens with one attached hydrogen (secondary N) is 1. The maximum atomic E-state index is 12.4. The molecule has 0 heterocycles. The Hall–Kier alpha value is -1.92. The van der Waals surface area contributed by atoms with Gasteiger partial charge in [-0.25, -0.2) is 0 Å². The molecule has 364 valence electrons. The van der Waals surface area contributed by atoms with E-state index in [9.17, 15) is 19.8 Å². The first-order chi connectivity index (χ1) is 30.5. The van der Waals surface area contributed by atoms with E-state index in [2.05, 4.69) is 43.5 Å². The highest BCUT2D eigenvalue weighted by Crippen LogP contribution is 2.16. The minimum atomic E-state index is -0.848. The van der Waals surface area contributed by atoms with Crippen molar-refractivity contribution in [2.45, 2.75) is 296 Å². The van der Waals surface area contributed by atoms with Gasteiger partial charge in [-0.05, 0) is 57.8 Å². The summed E-state index contributed by atoms with van der Waals surface area (Å²) in [6, 6.07) is -0.632. The van der Waals surface area contributed by atoms with Gasteiger partial charge >= 0.3 is 5.97 Å². The number of esters is 1. The number of ether oxygens (including phenoxy) is 1. The van der Waals surface area contributed by atoms with Gasteiger partial charge in [0.2, 0.25) is 5.91 Å². The fraction of sp³-hybridized carbons (Fsp3) is 0.857. The minimum absolute atomic E-state index is 0.0106. The van der Waals surface area contributed by atoms with Crippen molar-refractivity contribution in [1.29, 1.82) is 0 Å². The fourth-order valence-electron chi connectivity index (χ4n) is 8.18. The maximum Gasteiger partial charge on any atom is 0.305 e. The third kappa shape index (κ3) is 47.6. The van der Waals surface area contributed by atoms with E-state index in [0.29, 0.717) is 19.4 Å². The van der Waals surface area contributed by atoms with Crippen LogP contribution < -0.4 is 5.32 Å². The summed E-state index contributed by atoms with van der Waals surface area (Å²) in [6.45, 7) is 4.84. The topological polar surface area (TPSA) is 95.9 Å². The molecule has 0 aliphatic carbocycles. The van der Waals surface area contributed by atoms with Crippen LogP contribution in [0.5, 0.6) is 0 Å². The van der Waals surface area contributed by atoms with Crippen LogP contribution in [0.1, 0.15) is 284 Å². The van der Waals surface area contributed by atoms with Gasteiger partial charge in [0.1, 0.15) is 0 Å². The van der Waals surface area contributed by atoms with Gasteiger partial charge in [0.15, 0.2) is 0 Å². The van der Waals surface area contributed by atoms with E-state index >= 15 is 0 Å². The maximum absolute atomic E-state index is 12.4. The number of carbonyl (C=O) groups excluding carboxylic acids is 2. The minimum Gasteiger partial charge on any atom is -0.466 e. The highest BCUT2D eigenvalue weighted by Gasteiger charge is 2.18. The summed E-state index contributed by atoms with van der Waals surface area (Å²) in [5, 5.41) is 23.1. The van der Waals surface area contributed by atoms with E-state index in [4.69, 9.17) is 4.74 Å². The average molecular weight is 872 g/mol. The molecular formula is C56H105NO5. The Morgan fingerprint density at radius 1 is 0.452 bits per heavy atom. The van der Waals surface area contributed by atoms with Crippen LogP contribution in [0.2, 0.25) is 0 Å². The highest BCUT2D eigenvalue weighted by atomic mass is 16.5. The molecule has 3 N–H and O–H groups in total. The molecule has 0 aliphatic rings. The molecule has 0 spiro atoms. The van der Waals surface area contributed by atoms with E-state index in [-0.39, 0.29) is 18.5 Å². The predicted octanol–water partition coefficient (Wildman–Crippen LogP) is 16.5. The van der Waals surface area contributed by atoms with Gasteiger partial charge in [-0.1, -0.05) is 249 Å². The molecule has 0 aliphatic heterocycles. The Bertz CT molecular complexity index is 1010. The van der Waals surface area contributed by atoms with Crippen LogP contribution in [-0.4, -0.2) is 47.4 Å². The van der Waals surface area contributed by atoms with Gasteiger partial charge in [0.25, 0.3) is 0 Å². The normalized spacial score (nSPS) is 12.9. The Morgan fingerprint density at radius 3 is 1.27 bits per heavy atom. The van der Waals surface area contributed by atoms with Crippen LogP contribution in [0.15, 0.2) is 36.5 Å². The van der Waals surface area contributed by atoms with E-state index in [1.165, 1.54) is 205 Å². The second-order valence-corrected chi connectivity index (χ2v) is 18.6. The Kier molecular flexibility index (Phi) is 50.1. The van der Waals surface area contributed by atoms with Crippen molar-refractivity contribution >= 4 is 11.9 Å². The lowest BCUT2D eigenvalue weighted by molar-refractivity contribution is -0.143. The first-order valence-electron chi connectivity index (χ1n) is 27.3. The Morgan fingerprint density at radius 2 is 0.823 bits per heavy atom. The van der Waals surface area contributed by atoms with Gasteiger partial charge in [0, 0.05) is 12.8 Å². The molecular weight excluding hydrogens is 767 g/mol. The van der Waals surface area contributed by atoms with Crippen molar-refractivity contribution in [3.8, 4) is 0 Å². The molecule has 2 unspecified atom stereocenters. The van der Waals surface area contributed by atoms with Crippen molar-refractivity contribution in [3.05, 3.63) is 36.5 Å². The number of aliphatic hydroxyl groups is 2. The first kappa shape index (κ1) is 60.1. The molecule has 0 aromatic rings. The predicted molar refractivity (Wildman–Crippen MR) is 269 cm³/mol. The number of rotatable bonds is 50. The molecule has 0 radical (unpaired) electrons. The molecule has 62 heavy (non-hydrogen) atoms. The molecule has 0 saturated carbocycles. The van der Waals surface area contributed by atoms with Crippen molar-refractivity contribution in [2.24, 2.45) is 0 Å². The molecule has 0 rings (SSSR count). The molecule has 0 saturated heterocycles. The summed E-state index contributed by atoms with van der Waals surface area (Å²) in [7, 11) is 0. The molecule has 0 aromatic heterocycles. The number of amides is 1. The van der Waals surface area contributed by atoms with E-state index in [0.717, 1.165) is 51.4 Å². The van der Waals surface area contributed by atoms with E-state index in [1.807, 2.05) is 6.08 Å². The van der Waals surface area contributed by atoms with Crippen molar-refractivity contribution in [2.75, 3.05) is 13.2 Å². The number of unbranched alkanes of at least 4 members (excludes halogenated alkanes) is 35.